The summed E-state index contributed by atoms with van der Waals surface area (Å²) >= 11 is 0. The van der Waals surface area contributed by atoms with Crippen LogP contribution in [0.3, 0.4) is 0 Å². The molecule has 13 heteroatoms. The van der Waals surface area contributed by atoms with Gasteiger partial charge < -0.3 is 0 Å². The minimum Gasteiger partial charge on any atom is -0.282 e. The van der Waals surface area contributed by atoms with Gasteiger partial charge in [-0.2, -0.15) is 26.3 Å². The summed E-state index contributed by atoms with van der Waals surface area (Å²) in [6.07, 6.45) is -2.41. The number of amidine groups is 1. The molecule has 2 aromatic rings. The van der Waals surface area contributed by atoms with Crippen molar-refractivity contribution in [2.24, 2.45) is 4.99 Å². The molecule has 0 saturated heterocycles. The number of aliphatic imine (C=N–C) groups is 1. The summed E-state index contributed by atoms with van der Waals surface area (Å²) in [6.45, 7) is 5.15. The van der Waals surface area contributed by atoms with Crippen LogP contribution in [-0.4, -0.2) is 26.5 Å². The van der Waals surface area contributed by atoms with E-state index in [9.17, 15) is 31.1 Å². The summed E-state index contributed by atoms with van der Waals surface area (Å²) in [5.74, 6) is -0.752. The molecule has 0 aliphatic rings. The van der Waals surface area contributed by atoms with Crippen molar-refractivity contribution >= 4 is 17.9 Å². The molecule has 0 radical (unpaired) electrons. The quantitative estimate of drug-likeness (QED) is 0.231. The van der Waals surface area contributed by atoms with Crippen molar-refractivity contribution in [3.63, 3.8) is 0 Å². The number of aromatic nitrogens is 3. The first-order chi connectivity index (χ1) is 14.9. The van der Waals surface area contributed by atoms with E-state index in [2.05, 4.69) is 32.5 Å². The zero-order valence-electron chi connectivity index (χ0n) is 16.4. The van der Waals surface area contributed by atoms with Crippen molar-refractivity contribution < 1.29 is 31.1 Å². The Labute approximate surface area is 177 Å². The molecule has 1 aromatic carbocycles. The summed E-state index contributed by atoms with van der Waals surface area (Å²) in [4.78, 5) is 19.4. The van der Waals surface area contributed by atoms with Crippen LogP contribution in [0.5, 0.6) is 0 Å². The Morgan fingerprint density at radius 3 is 2.22 bits per heavy atom. The maximum Gasteiger partial charge on any atom is 0.416 e. The summed E-state index contributed by atoms with van der Waals surface area (Å²) in [7, 11) is 0. The number of hydrazine groups is 1. The molecule has 2 rings (SSSR count). The van der Waals surface area contributed by atoms with Crippen molar-refractivity contribution in [1.29, 1.82) is 0 Å². The van der Waals surface area contributed by atoms with Gasteiger partial charge in [-0.3, -0.25) is 15.6 Å². The van der Waals surface area contributed by atoms with E-state index < -0.39 is 40.8 Å². The van der Waals surface area contributed by atoms with Crippen molar-refractivity contribution in [1.82, 2.24) is 25.6 Å². The first-order valence-electron chi connectivity index (χ1n) is 8.70. The third-order valence-electron chi connectivity index (χ3n) is 3.60. The van der Waals surface area contributed by atoms with Crippen LogP contribution in [0.4, 0.5) is 26.3 Å². The molecule has 0 aliphatic carbocycles. The van der Waals surface area contributed by atoms with Gasteiger partial charge >= 0.3 is 12.4 Å². The molecule has 1 heterocycles. The third-order valence-corrected chi connectivity index (χ3v) is 3.60. The Morgan fingerprint density at radius 1 is 1.06 bits per heavy atom. The SMILES string of the molecule is C=CN=C(/C=C\C)NNC(=O)/C=C\n1cnc(-c2cc(C(F)(F)F)cc(C(F)(F)F)c2)n1. The maximum atomic E-state index is 13.0. The fourth-order valence-corrected chi connectivity index (χ4v) is 2.25. The van der Waals surface area contributed by atoms with E-state index in [4.69, 9.17) is 0 Å². The van der Waals surface area contributed by atoms with Crippen LogP contribution >= 0.6 is 0 Å². The highest BCUT2D eigenvalue weighted by Crippen LogP contribution is 2.37. The number of nitrogens with zero attached hydrogens (tertiary/aromatic N) is 4. The number of hydrogen-bond acceptors (Lipinski definition) is 4. The van der Waals surface area contributed by atoms with Crippen LogP contribution in [-0.2, 0) is 17.1 Å². The van der Waals surface area contributed by atoms with Gasteiger partial charge in [0.15, 0.2) is 5.82 Å². The Morgan fingerprint density at radius 2 is 1.69 bits per heavy atom. The fraction of sp³-hybridized carbons (Fsp3) is 0.158. The van der Waals surface area contributed by atoms with Gasteiger partial charge in [0, 0.05) is 24.0 Å². The lowest BCUT2D eigenvalue weighted by molar-refractivity contribution is -0.143. The summed E-state index contributed by atoms with van der Waals surface area (Å²) < 4.78 is 79.0. The molecular weight excluding hydrogens is 442 g/mol. The van der Waals surface area contributed by atoms with Crippen LogP contribution in [0.2, 0.25) is 0 Å². The van der Waals surface area contributed by atoms with Crippen molar-refractivity contribution in [2.45, 2.75) is 19.3 Å². The first-order valence-corrected chi connectivity index (χ1v) is 8.70. The number of carbonyl (C=O) groups is 1. The van der Waals surface area contributed by atoms with Crippen molar-refractivity contribution in [3.8, 4) is 11.4 Å². The zero-order chi connectivity index (χ0) is 23.9. The fourth-order valence-electron chi connectivity index (χ4n) is 2.25. The van der Waals surface area contributed by atoms with E-state index in [1.165, 1.54) is 6.20 Å². The average Bonchev–Trinajstić information content (AvgIpc) is 3.18. The van der Waals surface area contributed by atoms with Crippen LogP contribution in [0.15, 0.2) is 60.5 Å². The lowest BCUT2D eigenvalue weighted by Gasteiger charge is -2.13. The smallest absolute Gasteiger partial charge is 0.282 e. The van der Waals surface area contributed by atoms with Crippen LogP contribution in [0.25, 0.3) is 17.6 Å². The highest BCUT2D eigenvalue weighted by atomic mass is 19.4. The summed E-state index contributed by atoms with van der Waals surface area (Å²) in [5, 5.41) is 3.79. The molecule has 0 aliphatic heterocycles. The molecule has 7 nitrogen and oxygen atoms in total. The highest BCUT2D eigenvalue weighted by Gasteiger charge is 2.37. The molecule has 2 N–H and O–H groups in total. The topological polar surface area (TPSA) is 84.2 Å². The monoisotopic (exact) mass is 458 g/mol. The number of halogens is 6. The number of alkyl halides is 6. The predicted octanol–water partition coefficient (Wildman–Crippen LogP) is 4.19. The number of hydrogen-bond donors (Lipinski definition) is 2. The second kappa shape index (κ2) is 9.94. The molecule has 1 aromatic heterocycles. The maximum absolute atomic E-state index is 13.0. The predicted molar refractivity (Wildman–Crippen MR) is 105 cm³/mol. The highest BCUT2D eigenvalue weighted by molar-refractivity contribution is 5.96. The van der Waals surface area contributed by atoms with E-state index in [1.54, 1.807) is 19.1 Å². The van der Waals surface area contributed by atoms with E-state index in [-0.39, 0.29) is 11.9 Å². The zero-order valence-corrected chi connectivity index (χ0v) is 16.4. The van der Waals surface area contributed by atoms with Crippen molar-refractivity contribution in [2.75, 3.05) is 0 Å². The number of allylic oxidation sites excluding steroid dienone is 1. The second-order valence-corrected chi connectivity index (χ2v) is 5.97. The molecule has 0 spiro atoms. The molecule has 32 heavy (non-hydrogen) atoms. The van der Waals surface area contributed by atoms with E-state index >= 15 is 0 Å². The Bertz CT molecular complexity index is 1030. The van der Waals surface area contributed by atoms with Gasteiger partial charge in [0.25, 0.3) is 5.91 Å². The van der Waals surface area contributed by atoms with Gasteiger partial charge in [-0.15, -0.1) is 5.10 Å². The normalized spacial score (nSPS) is 13.0. The van der Waals surface area contributed by atoms with E-state index in [0.717, 1.165) is 23.3 Å². The molecule has 0 saturated carbocycles. The minimum atomic E-state index is -5.00. The van der Waals surface area contributed by atoms with Gasteiger partial charge in [0.1, 0.15) is 12.2 Å². The molecular formula is C19H16F6N6O. The number of nitrogens with one attached hydrogen (secondary N) is 2. The lowest BCUT2D eigenvalue weighted by atomic mass is 10.0. The van der Waals surface area contributed by atoms with Crippen LogP contribution in [0.1, 0.15) is 18.1 Å². The standard InChI is InChI=1S/C19H16F6N6O/c1-3-5-15(26-4-2)28-29-16(32)6-7-31-11-27-17(30-31)12-8-13(18(20,21)22)10-14(9-12)19(23,24)25/h3-11H,2H2,1H3,(H,26,28)(H,29,32)/b5-3-,7-6-. The molecule has 170 valence electrons. The molecule has 0 atom stereocenters. The van der Waals surface area contributed by atoms with Crippen LogP contribution in [0, 0.1) is 0 Å². The lowest BCUT2D eigenvalue weighted by Crippen LogP contribution is -2.40. The third kappa shape index (κ3) is 6.82. The molecule has 1 amide bonds. The minimum absolute atomic E-state index is 0.00932. The number of benzene rings is 1. The number of carbonyl (C=O) groups excluding carboxylic acids is 1. The van der Waals surface area contributed by atoms with E-state index in [0.29, 0.717) is 12.1 Å². The van der Waals surface area contributed by atoms with Gasteiger partial charge in [0.05, 0.1) is 11.1 Å². The van der Waals surface area contributed by atoms with Gasteiger partial charge in [-0.25, -0.2) is 14.7 Å². The molecule has 0 unspecified atom stereocenters. The van der Waals surface area contributed by atoms with Gasteiger partial charge in [-0.05, 0) is 31.2 Å². The summed E-state index contributed by atoms with van der Waals surface area (Å²) in [5.41, 5.74) is 1.34. The largest absolute Gasteiger partial charge is 0.416 e. The summed E-state index contributed by atoms with van der Waals surface area (Å²) in [6, 6.07) is 1.03. The Kier molecular flexibility index (Phi) is 7.57. The Hall–Kier alpha value is -3.90. The molecule has 0 bridgehead atoms. The second-order valence-electron chi connectivity index (χ2n) is 5.97. The number of rotatable bonds is 5. The van der Waals surface area contributed by atoms with E-state index in [1.807, 2.05) is 0 Å². The van der Waals surface area contributed by atoms with Crippen molar-refractivity contribution in [3.05, 3.63) is 66.7 Å². The van der Waals surface area contributed by atoms with Gasteiger partial charge in [-0.1, -0.05) is 12.7 Å². The Balaban J connectivity index is 2.21. The first kappa shape index (κ1) is 24.4. The average molecular weight is 458 g/mol. The number of amides is 1. The molecule has 0 fully saturated rings. The van der Waals surface area contributed by atoms with Crippen LogP contribution < -0.4 is 10.9 Å². The van der Waals surface area contributed by atoms with Gasteiger partial charge in [0.2, 0.25) is 0 Å².